The van der Waals surface area contributed by atoms with Crippen molar-refractivity contribution >= 4 is 18.0 Å². The molecule has 0 saturated heterocycles. The van der Waals surface area contributed by atoms with Gasteiger partial charge in [0.1, 0.15) is 11.6 Å². The predicted octanol–water partition coefficient (Wildman–Crippen LogP) is 7.43. The van der Waals surface area contributed by atoms with Gasteiger partial charge in [-0.2, -0.15) is 0 Å². The molecule has 208 valence electrons. The molecule has 1 atom stereocenters. The van der Waals surface area contributed by atoms with Gasteiger partial charge in [0.05, 0.1) is 18.9 Å². The largest absolute Gasteiger partial charge is 0.481 e. The molecule has 0 radical (unpaired) electrons. The van der Waals surface area contributed by atoms with Crippen LogP contribution in [0.5, 0.6) is 11.6 Å². The van der Waals surface area contributed by atoms with E-state index in [9.17, 15) is 13.7 Å². The number of nitrogens with zero attached hydrogens (tertiary/aromatic N) is 2. The topological polar surface area (TPSA) is 71.9 Å². The number of aromatic nitrogens is 1. The zero-order valence-corrected chi connectivity index (χ0v) is 24.0. The fourth-order valence-electron chi connectivity index (χ4n) is 5.07. The summed E-state index contributed by atoms with van der Waals surface area (Å²) in [4.78, 5) is 19.6. The molecule has 1 N–H and O–H groups in total. The Hall–Kier alpha value is -2.94. The molecular weight excluding hydrogens is 515 g/mol. The van der Waals surface area contributed by atoms with E-state index in [-0.39, 0.29) is 18.0 Å². The normalized spacial score (nSPS) is 14.2. The van der Waals surface area contributed by atoms with Crippen LogP contribution in [-0.4, -0.2) is 45.4 Å². The summed E-state index contributed by atoms with van der Waals surface area (Å²) in [6.07, 6.45) is 3.45. The molecule has 1 heterocycles. The summed E-state index contributed by atoms with van der Waals surface area (Å²) in [5.41, 5.74) is 3.29. The van der Waals surface area contributed by atoms with Crippen LogP contribution >= 0.6 is 12.0 Å². The summed E-state index contributed by atoms with van der Waals surface area (Å²) in [7, 11) is 1.49. The average molecular weight is 553 g/mol. The number of esters is 1. The zero-order chi connectivity index (χ0) is 28.1. The summed E-state index contributed by atoms with van der Waals surface area (Å²) in [5, 5.41) is 0. The zero-order valence-electron chi connectivity index (χ0n) is 23.2. The number of carbonyl (C=O) groups excluding carboxylic acids is 1. The average Bonchev–Trinajstić information content (AvgIpc) is 3.76. The number of ether oxygens (including phenoxy) is 2. The van der Waals surface area contributed by atoms with Gasteiger partial charge in [-0.1, -0.05) is 18.2 Å². The van der Waals surface area contributed by atoms with Crippen LogP contribution < -0.4 is 9.47 Å². The van der Waals surface area contributed by atoms with Gasteiger partial charge in [-0.3, -0.25) is 4.90 Å². The Bertz CT molecular complexity index is 1290. The van der Waals surface area contributed by atoms with E-state index in [4.69, 9.17) is 9.47 Å². The highest BCUT2D eigenvalue weighted by Gasteiger charge is 2.32. The molecule has 1 unspecified atom stereocenters. The summed E-state index contributed by atoms with van der Waals surface area (Å²) in [6.45, 7) is 8.99. The Morgan fingerprint density at radius 2 is 1.85 bits per heavy atom. The van der Waals surface area contributed by atoms with Gasteiger partial charge in [-0.25, -0.2) is 14.2 Å². The fourth-order valence-corrected chi connectivity index (χ4v) is 5.69. The van der Waals surface area contributed by atoms with Crippen molar-refractivity contribution in [3.05, 3.63) is 77.2 Å². The number of pyridine rings is 1. The van der Waals surface area contributed by atoms with Crippen molar-refractivity contribution < 1.29 is 23.2 Å². The number of hydrogen-bond acceptors (Lipinski definition) is 7. The Morgan fingerprint density at radius 1 is 1.10 bits per heavy atom. The number of halogens is 1. The minimum absolute atomic E-state index is 0.231. The second kappa shape index (κ2) is 12.9. The predicted molar refractivity (Wildman–Crippen MR) is 154 cm³/mol. The summed E-state index contributed by atoms with van der Waals surface area (Å²) in [6, 6.07) is 14.8. The van der Waals surface area contributed by atoms with E-state index in [1.54, 1.807) is 30.3 Å². The monoisotopic (exact) mass is 552 g/mol. The quantitative estimate of drug-likeness (QED) is 0.142. The van der Waals surface area contributed by atoms with Crippen LogP contribution in [0.2, 0.25) is 0 Å². The van der Waals surface area contributed by atoms with Crippen molar-refractivity contribution in [2.75, 3.05) is 12.9 Å². The van der Waals surface area contributed by atoms with Crippen LogP contribution in [-0.2, 0) is 6.54 Å². The molecule has 1 aromatic heterocycles. The van der Waals surface area contributed by atoms with E-state index in [2.05, 4.69) is 37.6 Å². The van der Waals surface area contributed by atoms with Gasteiger partial charge in [0, 0.05) is 36.0 Å². The molecule has 0 bridgehead atoms. The molecular formula is C31H37FN2O4S. The van der Waals surface area contributed by atoms with E-state index in [1.807, 2.05) is 18.2 Å². The number of carbonyl (C=O) groups is 1. The molecule has 1 saturated carbocycles. The van der Waals surface area contributed by atoms with Crippen LogP contribution in [0.1, 0.15) is 67.9 Å². The first-order valence-corrected chi connectivity index (χ1v) is 14.3. The van der Waals surface area contributed by atoms with E-state index in [0.717, 1.165) is 42.2 Å². The third kappa shape index (κ3) is 7.18. The van der Waals surface area contributed by atoms with Gasteiger partial charge >= 0.3 is 5.97 Å². The van der Waals surface area contributed by atoms with Crippen molar-refractivity contribution in [2.24, 2.45) is 5.92 Å². The molecule has 4 rings (SSSR count). The molecule has 6 nitrogen and oxygen atoms in total. The van der Waals surface area contributed by atoms with E-state index in [1.165, 1.54) is 7.11 Å². The van der Waals surface area contributed by atoms with Crippen LogP contribution in [0.4, 0.5) is 4.39 Å². The number of benzene rings is 2. The van der Waals surface area contributed by atoms with Crippen molar-refractivity contribution in [1.82, 2.24) is 9.88 Å². The fraction of sp³-hybridized carbons (Fsp3) is 0.419. The van der Waals surface area contributed by atoms with Crippen LogP contribution in [0.3, 0.4) is 0 Å². The van der Waals surface area contributed by atoms with Crippen LogP contribution in [0.25, 0.3) is 11.1 Å². The summed E-state index contributed by atoms with van der Waals surface area (Å²) < 4.78 is 35.4. The highest BCUT2D eigenvalue weighted by Crippen LogP contribution is 2.44. The Balaban J connectivity index is 1.66. The summed E-state index contributed by atoms with van der Waals surface area (Å²) >= 11 is 0.852. The third-order valence-electron chi connectivity index (χ3n) is 7.29. The minimum Gasteiger partial charge on any atom is -0.481 e. The molecule has 2 aromatic carbocycles. The Kier molecular flexibility index (Phi) is 9.64. The van der Waals surface area contributed by atoms with Gasteiger partial charge < -0.3 is 14.0 Å². The maximum atomic E-state index is 15.0. The SMILES string of the molecule is COc1cc(-c2ccc(C(=O)Oc3cccc(C(CSO)C4CC4)c3)cc2CN(C(C)C)C(C)C)c(F)cn1. The lowest BCUT2D eigenvalue weighted by molar-refractivity contribution is 0.0734. The highest BCUT2D eigenvalue weighted by molar-refractivity contribution is 7.93. The standard InChI is InChI=1S/C31H37FN2O4S/c1-19(2)34(20(3)4)17-24-13-23(11-12-26(24)27-15-30(37-5)33-16-29(27)32)31(35)38-25-8-6-7-22(14-25)28(18-39-36)21-9-10-21/h6-8,11-16,19-21,28,36H,9-10,17-18H2,1-5H3. The number of hydrogen-bond donors (Lipinski definition) is 1. The maximum absolute atomic E-state index is 15.0. The first kappa shape index (κ1) is 29.1. The molecule has 3 aromatic rings. The maximum Gasteiger partial charge on any atom is 0.343 e. The van der Waals surface area contributed by atoms with E-state index < -0.39 is 11.8 Å². The Morgan fingerprint density at radius 3 is 2.49 bits per heavy atom. The van der Waals surface area contributed by atoms with Gasteiger partial charge in [-0.05, 0) is 105 Å². The van der Waals surface area contributed by atoms with Gasteiger partial charge in [-0.15, -0.1) is 0 Å². The Labute approximate surface area is 234 Å². The molecule has 0 spiro atoms. The lowest BCUT2D eigenvalue weighted by Gasteiger charge is -2.31. The molecule has 0 aliphatic heterocycles. The number of methoxy groups -OCH3 is 1. The van der Waals surface area contributed by atoms with Gasteiger partial charge in [0.2, 0.25) is 5.88 Å². The lowest BCUT2D eigenvalue weighted by atomic mass is 9.96. The minimum atomic E-state index is -0.479. The molecule has 39 heavy (non-hydrogen) atoms. The number of rotatable bonds is 12. The van der Waals surface area contributed by atoms with E-state index >= 15 is 0 Å². The van der Waals surface area contributed by atoms with Crippen molar-refractivity contribution in [1.29, 1.82) is 0 Å². The smallest absolute Gasteiger partial charge is 0.343 e. The molecule has 1 aliphatic carbocycles. The van der Waals surface area contributed by atoms with Crippen molar-refractivity contribution in [2.45, 2.75) is 65.1 Å². The summed E-state index contributed by atoms with van der Waals surface area (Å²) in [5.74, 6) is 1.24. The van der Waals surface area contributed by atoms with Crippen LogP contribution in [0.15, 0.2) is 54.7 Å². The lowest BCUT2D eigenvalue weighted by Crippen LogP contribution is -2.36. The van der Waals surface area contributed by atoms with Crippen LogP contribution in [0, 0.1) is 11.7 Å². The second-order valence-electron chi connectivity index (χ2n) is 10.6. The highest BCUT2D eigenvalue weighted by atomic mass is 32.2. The molecule has 0 amide bonds. The van der Waals surface area contributed by atoms with Gasteiger partial charge in [0.25, 0.3) is 0 Å². The van der Waals surface area contributed by atoms with Gasteiger partial charge in [0.15, 0.2) is 0 Å². The molecule has 1 fully saturated rings. The first-order valence-electron chi connectivity index (χ1n) is 13.4. The van der Waals surface area contributed by atoms with Crippen molar-refractivity contribution in [3.63, 3.8) is 0 Å². The molecule has 1 aliphatic rings. The first-order chi connectivity index (χ1) is 18.7. The molecule has 8 heteroatoms. The second-order valence-corrected chi connectivity index (χ2v) is 11.2. The third-order valence-corrected chi connectivity index (χ3v) is 7.80. The van der Waals surface area contributed by atoms with Crippen molar-refractivity contribution in [3.8, 4) is 22.8 Å². The van der Waals surface area contributed by atoms with E-state index in [0.29, 0.717) is 46.5 Å².